The SMILES string of the molecule is [2H]C([2H])([2H])NC(=O)c1ccc(NC(=O)[C@H]2C[C@@H]2C)nn1. The molecule has 2 N–H and O–H groups in total. The van der Waals surface area contributed by atoms with Crippen molar-refractivity contribution in [3.63, 3.8) is 0 Å². The lowest BCUT2D eigenvalue weighted by molar-refractivity contribution is -0.117. The summed E-state index contributed by atoms with van der Waals surface area (Å²) in [6.45, 7) is -0.591. The molecule has 90 valence electrons. The quantitative estimate of drug-likeness (QED) is 0.798. The molecule has 1 fully saturated rings. The lowest BCUT2D eigenvalue weighted by Crippen LogP contribution is -2.20. The van der Waals surface area contributed by atoms with Crippen LogP contribution in [-0.4, -0.2) is 29.0 Å². The number of nitrogens with one attached hydrogen (secondary N) is 2. The van der Waals surface area contributed by atoms with Crippen molar-refractivity contribution < 1.29 is 13.7 Å². The van der Waals surface area contributed by atoms with Crippen LogP contribution in [0.1, 0.15) is 27.9 Å². The predicted molar refractivity (Wildman–Crippen MR) is 61.3 cm³/mol. The molecule has 17 heavy (non-hydrogen) atoms. The predicted octanol–water partition coefficient (Wildman–Crippen LogP) is 0.431. The molecular weight excluding hydrogens is 220 g/mol. The molecule has 0 bridgehead atoms. The van der Waals surface area contributed by atoms with E-state index in [9.17, 15) is 9.59 Å². The van der Waals surface area contributed by atoms with Crippen LogP contribution in [-0.2, 0) is 4.79 Å². The zero-order chi connectivity index (χ0) is 14.9. The van der Waals surface area contributed by atoms with Gasteiger partial charge in [-0.3, -0.25) is 9.59 Å². The number of nitrogens with zero attached hydrogens (tertiary/aromatic N) is 2. The third-order valence-electron chi connectivity index (χ3n) is 2.71. The summed E-state index contributed by atoms with van der Waals surface area (Å²) in [5.74, 6) is -0.333. The lowest BCUT2D eigenvalue weighted by Gasteiger charge is -2.03. The van der Waals surface area contributed by atoms with Gasteiger partial charge in [-0.05, 0) is 24.5 Å². The summed E-state index contributed by atoms with van der Waals surface area (Å²) in [7, 11) is 0. The summed E-state index contributed by atoms with van der Waals surface area (Å²) < 4.78 is 20.7. The molecule has 2 atom stereocenters. The van der Waals surface area contributed by atoms with Crippen molar-refractivity contribution in [2.45, 2.75) is 13.3 Å². The summed E-state index contributed by atoms with van der Waals surface area (Å²) in [4.78, 5) is 23.2. The number of carbonyl (C=O) groups is 2. The highest BCUT2D eigenvalue weighted by Crippen LogP contribution is 2.38. The van der Waals surface area contributed by atoms with Crippen LogP contribution in [0.3, 0.4) is 0 Å². The third kappa shape index (κ3) is 2.58. The van der Waals surface area contributed by atoms with Crippen molar-refractivity contribution in [1.29, 1.82) is 0 Å². The molecule has 2 rings (SSSR count). The molecule has 0 saturated heterocycles. The Morgan fingerprint density at radius 2 is 2.24 bits per heavy atom. The zero-order valence-corrected chi connectivity index (χ0v) is 9.23. The number of carbonyl (C=O) groups excluding carboxylic acids is 2. The van der Waals surface area contributed by atoms with Gasteiger partial charge in [-0.2, -0.15) is 0 Å². The Morgan fingerprint density at radius 1 is 1.47 bits per heavy atom. The molecule has 1 aliphatic rings. The molecular formula is C11H14N4O2. The van der Waals surface area contributed by atoms with Gasteiger partial charge in [-0.1, -0.05) is 6.92 Å². The van der Waals surface area contributed by atoms with Crippen LogP contribution >= 0.6 is 0 Å². The Bertz CT molecular complexity index is 529. The minimum Gasteiger partial charge on any atom is -0.354 e. The number of anilines is 1. The fraction of sp³-hybridized carbons (Fsp3) is 0.455. The van der Waals surface area contributed by atoms with Crippen LogP contribution < -0.4 is 10.6 Å². The van der Waals surface area contributed by atoms with Gasteiger partial charge >= 0.3 is 0 Å². The van der Waals surface area contributed by atoms with Gasteiger partial charge in [0.2, 0.25) is 5.91 Å². The first-order chi connectivity index (χ1) is 9.26. The number of amides is 2. The van der Waals surface area contributed by atoms with Crippen LogP contribution in [0.15, 0.2) is 12.1 Å². The second-order valence-corrected chi connectivity index (χ2v) is 4.07. The first-order valence-corrected chi connectivity index (χ1v) is 5.23. The van der Waals surface area contributed by atoms with E-state index >= 15 is 0 Å². The van der Waals surface area contributed by atoms with Crippen LogP contribution in [0.5, 0.6) is 0 Å². The van der Waals surface area contributed by atoms with Gasteiger partial charge in [0, 0.05) is 17.0 Å². The van der Waals surface area contributed by atoms with E-state index in [2.05, 4.69) is 15.5 Å². The minimum atomic E-state index is -2.58. The fourth-order valence-electron chi connectivity index (χ4n) is 1.49. The van der Waals surface area contributed by atoms with Crippen LogP contribution in [0, 0.1) is 11.8 Å². The Kier molecular flexibility index (Phi) is 2.15. The van der Waals surface area contributed by atoms with E-state index in [1.54, 1.807) is 5.32 Å². The highest BCUT2D eigenvalue weighted by Gasteiger charge is 2.39. The van der Waals surface area contributed by atoms with Crippen LogP contribution in [0.4, 0.5) is 5.82 Å². The molecule has 1 saturated carbocycles. The summed E-state index contributed by atoms with van der Waals surface area (Å²) >= 11 is 0. The van der Waals surface area contributed by atoms with E-state index in [1.165, 1.54) is 12.1 Å². The number of hydrogen-bond donors (Lipinski definition) is 2. The molecule has 0 aliphatic heterocycles. The Balaban J connectivity index is 1.96. The molecule has 0 spiro atoms. The summed E-state index contributed by atoms with van der Waals surface area (Å²) in [6, 6.07) is 2.71. The second kappa shape index (κ2) is 4.48. The Hall–Kier alpha value is -1.98. The molecule has 6 heteroatoms. The first kappa shape index (κ1) is 8.16. The monoisotopic (exact) mass is 237 g/mol. The molecule has 1 aromatic rings. The van der Waals surface area contributed by atoms with Crippen LogP contribution in [0.2, 0.25) is 0 Å². The lowest BCUT2D eigenvalue weighted by atomic mass is 10.3. The van der Waals surface area contributed by atoms with Gasteiger partial charge in [-0.25, -0.2) is 0 Å². The minimum absolute atomic E-state index is 0.00957. The molecule has 1 aliphatic carbocycles. The summed E-state index contributed by atoms with van der Waals surface area (Å²) in [5, 5.41) is 11.7. The largest absolute Gasteiger partial charge is 0.354 e. The average molecular weight is 237 g/mol. The molecule has 0 unspecified atom stereocenters. The van der Waals surface area contributed by atoms with Crippen LogP contribution in [0.25, 0.3) is 0 Å². The van der Waals surface area contributed by atoms with E-state index in [1.807, 2.05) is 6.92 Å². The smallest absolute Gasteiger partial charge is 0.271 e. The van der Waals surface area contributed by atoms with Crippen molar-refractivity contribution >= 4 is 17.6 Å². The van der Waals surface area contributed by atoms with Crippen molar-refractivity contribution in [3.8, 4) is 0 Å². The van der Waals surface area contributed by atoms with E-state index in [4.69, 9.17) is 4.11 Å². The topological polar surface area (TPSA) is 84.0 Å². The van der Waals surface area contributed by atoms with Crippen molar-refractivity contribution in [2.75, 3.05) is 12.3 Å². The Morgan fingerprint density at radius 3 is 2.76 bits per heavy atom. The van der Waals surface area contributed by atoms with E-state index in [0.717, 1.165) is 6.42 Å². The number of hydrogen-bond acceptors (Lipinski definition) is 4. The normalized spacial score (nSPS) is 25.1. The maximum absolute atomic E-state index is 11.7. The maximum atomic E-state index is 11.7. The fourth-order valence-corrected chi connectivity index (χ4v) is 1.49. The van der Waals surface area contributed by atoms with E-state index in [-0.39, 0.29) is 23.3 Å². The van der Waals surface area contributed by atoms with Gasteiger partial charge in [0.25, 0.3) is 5.91 Å². The highest BCUT2D eigenvalue weighted by atomic mass is 16.2. The number of aromatic nitrogens is 2. The highest BCUT2D eigenvalue weighted by molar-refractivity contribution is 5.94. The van der Waals surface area contributed by atoms with E-state index in [0.29, 0.717) is 5.92 Å². The molecule has 6 nitrogen and oxygen atoms in total. The molecule has 1 aromatic heterocycles. The van der Waals surface area contributed by atoms with E-state index < -0.39 is 12.9 Å². The standard InChI is InChI=1S/C11H14N4O2/c1-6-5-7(6)10(16)13-9-4-3-8(14-15-9)11(17)12-2/h3-4,6-7H,5H2,1-2H3,(H,12,17)(H,13,15,16)/t6-,7-/m0/s1/i2D3. The molecule has 1 heterocycles. The second-order valence-electron chi connectivity index (χ2n) is 4.07. The molecule has 0 aromatic carbocycles. The zero-order valence-electron chi connectivity index (χ0n) is 12.2. The summed E-state index contributed by atoms with van der Waals surface area (Å²) in [5.41, 5.74) is -0.126. The molecule has 2 amide bonds. The maximum Gasteiger partial charge on any atom is 0.271 e. The molecule has 0 radical (unpaired) electrons. The van der Waals surface area contributed by atoms with Gasteiger partial charge in [-0.15, -0.1) is 10.2 Å². The van der Waals surface area contributed by atoms with Gasteiger partial charge in [0.05, 0.1) is 0 Å². The van der Waals surface area contributed by atoms with Crippen molar-refractivity contribution in [1.82, 2.24) is 15.5 Å². The third-order valence-corrected chi connectivity index (χ3v) is 2.71. The summed E-state index contributed by atoms with van der Waals surface area (Å²) in [6.07, 6.45) is 0.859. The van der Waals surface area contributed by atoms with Gasteiger partial charge in [0.1, 0.15) is 0 Å². The Labute approximate surface area is 103 Å². The number of rotatable bonds is 3. The average Bonchev–Trinajstić information content (AvgIpc) is 3.05. The van der Waals surface area contributed by atoms with Crippen molar-refractivity contribution in [2.24, 2.45) is 11.8 Å². The van der Waals surface area contributed by atoms with Crippen molar-refractivity contribution in [3.05, 3.63) is 17.8 Å². The van der Waals surface area contributed by atoms with Gasteiger partial charge < -0.3 is 10.6 Å². The first-order valence-electron chi connectivity index (χ1n) is 6.73. The van der Waals surface area contributed by atoms with Gasteiger partial charge in [0.15, 0.2) is 11.5 Å².